The van der Waals surface area contributed by atoms with Gasteiger partial charge in [0.1, 0.15) is 0 Å². The summed E-state index contributed by atoms with van der Waals surface area (Å²) in [6, 6.07) is 4.66. The van der Waals surface area contributed by atoms with Crippen molar-refractivity contribution in [2.75, 3.05) is 13.2 Å². The molecule has 1 saturated heterocycles. The summed E-state index contributed by atoms with van der Waals surface area (Å²) in [7, 11) is 0. The van der Waals surface area contributed by atoms with E-state index in [0.29, 0.717) is 12.6 Å². The zero-order valence-corrected chi connectivity index (χ0v) is 10.9. The van der Waals surface area contributed by atoms with E-state index in [1.54, 1.807) is 6.20 Å². The Morgan fingerprint density at radius 2 is 2.35 bits per heavy atom. The van der Waals surface area contributed by atoms with Crippen molar-refractivity contribution in [2.45, 2.75) is 38.3 Å². The van der Waals surface area contributed by atoms with Crippen molar-refractivity contribution in [3.63, 3.8) is 0 Å². The van der Waals surface area contributed by atoms with Crippen LogP contribution >= 0.6 is 12.4 Å². The first-order chi connectivity index (χ1) is 7.95. The molecular formula is C13H21ClN2O. The molecule has 0 amide bonds. The van der Waals surface area contributed by atoms with Gasteiger partial charge in [0.25, 0.3) is 0 Å². The summed E-state index contributed by atoms with van der Waals surface area (Å²) in [6.45, 7) is 2.69. The van der Waals surface area contributed by atoms with Gasteiger partial charge in [0, 0.05) is 25.0 Å². The van der Waals surface area contributed by atoms with Crippen molar-refractivity contribution in [1.29, 1.82) is 0 Å². The van der Waals surface area contributed by atoms with E-state index in [1.165, 1.54) is 25.8 Å². The van der Waals surface area contributed by atoms with Gasteiger partial charge in [-0.05, 0) is 37.4 Å². The third kappa shape index (κ3) is 5.48. The van der Waals surface area contributed by atoms with Gasteiger partial charge in [0.05, 0.1) is 6.61 Å². The molecule has 1 aromatic heterocycles. The number of rotatable bonds is 5. The zero-order valence-electron chi connectivity index (χ0n) is 10.1. The summed E-state index contributed by atoms with van der Waals surface area (Å²) < 4.78 is 5.64. The second-order valence-corrected chi connectivity index (χ2v) is 4.35. The maximum Gasteiger partial charge on any atom is 0.0731 e. The van der Waals surface area contributed by atoms with E-state index in [4.69, 9.17) is 4.74 Å². The Morgan fingerprint density at radius 3 is 3.06 bits per heavy atom. The van der Waals surface area contributed by atoms with Crippen LogP contribution in [0.3, 0.4) is 0 Å². The van der Waals surface area contributed by atoms with Crippen LogP contribution in [0.15, 0.2) is 24.5 Å². The monoisotopic (exact) mass is 256 g/mol. The van der Waals surface area contributed by atoms with Gasteiger partial charge < -0.3 is 10.1 Å². The van der Waals surface area contributed by atoms with Crippen LogP contribution in [0.25, 0.3) is 0 Å². The number of nitrogens with zero attached hydrogens (tertiary/aromatic N) is 1. The highest BCUT2D eigenvalue weighted by molar-refractivity contribution is 5.85. The molecule has 1 aromatic rings. The summed E-state index contributed by atoms with van der Waals surface area (Å²) in [5.41, 5.74) is 1.15. The predicted molar refractivity (Wildman–Crippen MR) is 71.4 cm³/mol. The first-order valence-corrected chi connectivity index (χ1v) is 6.15. The fourth-order valence-corrected chi connectivity index (χ4v) is 2.07. The van der Waals surface area contributed by atoms with Gasteiger partial charge in [0.2, 0.25) is 0 Å². The molecular weight excluding hydrogens is 236 g/mol. The minimum Gasteiger partial charge on any atom is -0.377 e. The highest BCUT2D eigenvalue weighted by atomic mass is 35.5. The smallest absolute Gasteiger partial charge is 0.0731 e. The number of aromatic nitrogens is 1. The quantitative estimate of drug-likeness (QED) is 0.823. The molecule has 1 atom stereocenters. The lowest BCUT2D eigenvalue weighted by Gasteiger charge is -2.23. The van der Waals surface area contributed by atoms with E-state index < -0.39 is 0 Å². The number of hydrogen-bond acceptors (Lipinski definition) is 3. The van der Waals surface area contributed by atoms with Gasteiger partial charge in [-0.2, -0.15) is 0 Å². The maximum atomic E-state index is 5.64. The van der Waals surface area contributed by atoms with E-state index in [0.717, 1.165) is 18.6 Å². The van der Waals surface area contributed by atoms with Crippen molar-refractivity contribution in [2.24, 2.45) is 0 Å². The molecule has 3 nitrogen and oxygen atoms in total. The van der Waals surface area contributed by atoms with E-state index in [1.807, 2.05) is 18.3 Å². The van der Waals surface area contributed by atoms with Crippen LogP contribution < -0.4 is 5.32 Å². The fourth-order valence-electron chi connectivity index (χ4n) is 2.07. The van der Waals surface area contributed by atoms with Gasteiger partial charge in [-0.3, -0.25) is 4.98 Å². The Morgan fingerprint density at radius 1 is 1.41 bits per heavy atom. The highest BCUT2D eigenvalue weighted by Crippen LogP contribution is 2.10. The Kier molecular flexibility index (Phi) is 7.17. The molecule has 2 heterocycles. The molecule has 4 heteroatoms. The third-order valence-corrected chi connectivity index (χ3v) is 3.01. The number of ether oxygens (including phenoxy) is 1. The predicted octanol–water partition coefficient (Wildman–Crippen LogP) is 2.55. The summed E-state index contributed by atoms with van der Waals surface area (Å²) in [5, 5.41) is 3.53. The molecule has 1 unspecified atom stereocenters. The summed E-state index contributed by atoms with van der Waals surface area (Å²) in [4.78, 5) is 4.06. The first kappa shape index (κ1) is 14.4. The molecule has 17 heavy (non-hydrogen) atoms. The fraction of sp³-hybridized carbons (Fsp3) is 0.615. The van der Waals surface area contributed by atoms with Crippen LogP contribution in [-0.2, 0) is 11.3 Å². The van der Waals surface area contributed by atoms with Crippen LogP contribution in [0.2, 0.25) is 0 Å². The van der Waals surface area contributed by atoms with Crippen molar-refractivity contribution in [3.05, 3.63) is 30.1 Å². The second kappa shape index (κ2) is 8.45. The second-order valence-electron chi connectivity index (χ2n) is 4.35. The molecule has 1 aliphatic heterocycles. The molecule has 0 bridgehead atoms. The van der Waals surface area contributed by atoms with Gasteiger partial charge in [-0.25, -0.2) is 0 Å². The van der Waals surface area contributed by atoms with Crippen molar-refractivity contribution < 1.29 is 4.74 Å². The van der Waals surface area contributed by atoms with Crippen LogP contribution in [0.1, 0.15) is 31.2 Å². The number of halogens is 1. The first-order valence-electron chi connectivity index (χ1n) is 6.15. The lowest BCUT2D eigenvalue weighted by Crippen LogP contribution is -2.34. The normalized spacial score (nSPS) is 19.6. The van der Waals surface area contributed by atoms with Crippen molar-refractivity contribution in [3.8, 4) is 0 Å². The molecule has 1 N–H and O–H groups in total. The van der Waals surface area contributed by atoms with Crippen LogP contribution in [0.5, 0.6) is 0 Å². The minimum absolute atomic E-state index is 0. The van der Waals surface area contributed by atoms with Gasteiger partial charge in [-0.15, -0.1) is 12.4 Å². The van der Waals surface area contributed by atoms with E-state index in [-0.39, 0.29) is 12.4 Å². The van der Waals surface area contributed by atoms with E-state index in [9.17, 15) is 0 Å². The van der Waals surface area contributed by atoms with Crippen LogP contribution in [0.4, 0.5) is 0 Å². The van der Waals surface area contributed by atoms with Crippen LogP contribution in [-0.4, -0.2) is 24.2 Å². The molecule has 0 spiro atoms. The molecule has 0 saturated carbocycles. The third-order valence-electron chi connectivity index (χ3n) is 3.01. The molecule has 96 valence electrons. The zero-order chi connectivity index (χ0) is 11.1. The van der Waals surface area contributed by atoms with Crippen molar-refractivity contribution in [1.82, 2.24) is 10.3 Å². The number of nitrogens with one attached hydrogen (secondary N) is 1. The van der Waals surface area contributed by atoms with E-state index >= 15 is 0 Å². The molecule has 0 aliphatic carbocycles. The van der Waals surface area contributed by atoms with Crippen molar-refractivity contribution >= 4 is 12.4 Å². The summed E-state index contributed by atoms with van der Waals surface area (Å²) in [6.07, 6.45) is 8.76. The Hall–Kier alpha value is -0.640. The topological polar surface area (TPSA) is 34.1 Å². The molecule has 0 aromatic carbocycles. The lowest BCUT2D eigenvalue weighted by atomic mass is 10.0. The highest BCUT2D eigenvalue weighted by Gasteiger charge is 2.11. The average Bonchev–Trinajstić information content (AvgIpc) is 2.37. The Balaban J connectivity index is 0.00000144. The number of pyridine rings is 1. The standard InChI is InChI=1S/C13H20N2O.ClH/c1-2-8-15-13(5-1)6-9-16-11-12-4-3-7-14-10-12;/h3-4,7,10,13,15H,1-2,5-6,8-9,11H2;1H. The number of hydrogen-bond donors (Lipinski definition) is 1. The Labute approximate surface area is 109 Å². The summed E-state index contributed by atoms with van der Waals surface area (Å²) in [5.74, 6) is 0. The maximum absolute atomic E-state index is 5.64. The van der Waals surface area contributed by atoms with Crippen LogP contribution in [0, 0.1) is 0 Å². The van der Waals surface area contributed by atoms with Gasteiger partial charge >= 0.3 is 0 Å². The minimum atomic E-state index is 0. The SMILES string of the molecule is Cl.c1cncc(COCCC2CCCCN2)c1. The molecule has 1 fully saturated rings. The average molecular weight is 257 g/mol. The largest absolute Gasteiger partial charge is 0.377 e. The molecule has 0 radical (unpaired) electrons. The van der Waals surface area contributed by atoms with Gasteiger partial charge in [-0.1, -0.05) is 12.5 Å². The molecule has 2 rings (SSSR count). The van der Waals surface area contributed by atoms with Gasteiger partial charge in [0.15, 0.2) is 0 Å². The van der Waals surface area contributed by atoms with E-state index in [2.05, 4.69) is 10.3 Å². The summed E-state index contributed by atoms with van der Waals surface area (Å²) >= 11 is 0. The molecule has 1 aliphatic rings. The lowest BCUT2D eigenvalue weighted by molar-refractivity contribution is 0.108. The Bertz CT molecular complexity index is 289. The number of piperidine rings is 1.